The van der Waals surface area contributed by atoms with Crippen molar-refractivity contribution in [3.05, 3.63) is 0 Å². The lowest BCUT2D eigenvalue weighted by Crippen LogP contribution is -2.38. The maximum absolute atomic E-state index is 10.9. The molecule has 1 fully saturated rings. The summed E-state index contributed by atoms with van der Waals surface area (Å²) in [5, 5.41) is 2.36. The highest BCUT2D eigenvalue weighted by Gasteiger charge is 2.33. The fourth-order valence-electron chi connectivity index (χ4n) is 0.836. The van der Waals surface area contributed by atoms with E-state index in [9.17, 15) is 9.59 Å². The minimum atomic E-state index is -1.64. The van der Waals surface area contributed by atoms with Crippen molar-refractivity contribution in [1.29, 1.82) is 0 Å². The monoisotopic (exact) mass is 203 g/mol. The number of hydrogen-bond donors (Lipinski definition) is 1. The molecule has 1 rings (SSSR count). The Morgan fingerprint density at radius 2 is 2.08 bits per heavy atom. The SMILES string of the molecule is C[Si](C)(C)OC[C@@H]1NC(=O)OC1=O. The summed E-state index contributed by atoms with van der Waals surface area (Å²) in [7, 11) is -1.64. The van der Waals surface area contributed by atoms with Gasteiger partial charge >= 0.3 is 12.1 Å². The lowest BCUT2D eigenvalue weighted by Gasteiger charge is -2.18. The third kappa shape index (κ3) is 3.15. The van der Waals surface area contributed by atoms with Crippen molar-refractivity contribution in [3.63, 3.8) is 0 Å². The van der Waals surface area contributed by atoms with Crippen LogP contribution in [0.3, 0.4) is 0 Å². The van der Waals surface area contributed by atoms with E-state index in [1.807, 2.05) is 19.6 Å². The predicted octanol–water partition coefficient (Wildman–Crippen LogP) is 0.473. The van der Waals surface area contributed by atoms with Crippen LogP contribution in [0.2, 0.25) is 19.6 Å². The van der Waals surface area contributed by atoms with Gasteiger partial charge in [0, 0.05) is 0 Å². The quantitative estimate of drug-likeness (QED) is 0.411. The van der Waals surface area contributed by atoms with Crippen LogP contribution in [0.1, 0.15) is 0 Å². The molecule has 0 radical (unpaired) electrons. The second kappa shape index (κ2) is 3.47. The fraction of sp³-hybridized carbons (Fsp3) is 0.714. The van der Waals surface area contributed by atoms with Crippen LogP contribution in [0.5, 0.6) is 0 Å². The molecule has 0 aromatic heterocycles. The minimum absolute atomic E-state index is 0.209. The zero-order valence-corrected chi connectivity index (χ0v) is 8.92. The fourth-order valence-corrected chi connectivity index (χ4v) is 1.50. The molecule has 1 saturated heterocycles. The number of cyclic esters (lactones) is 2. The van der Waals surface area contributed by atoms with Crippen molar-refractivity contribution < 1.29 is 18.8 Å². The molecule has 0 saturated carbocycles. The van der Waals surface area contributed by atoms with Crippen LogP contribution < -0.4 is 5.32 Å². The molecule has 13 heavy (non-hydrogen) atoms. The number of nitrogens with one attached hydrogen (secondary N) is 1. The van der Waals surface area contributed by atoms with Crippen LogP contribution >= 0.6 is 0 Å². The zero-order valence-electron chi connectivity index (χ0n) is 7.92. The largest absolute Gasteiger partial charge is 0.415 e. The van der Waals surface area contributed by atoms with Gasteiger partial charge in [0.2, 0.25) is 0 Å². The van der Waals surface area contributed by atoms with Crippen LogP contribution in [0, 0.1) is 0 Å². The molecule has 0 aromatic carbocycles. The van der Waals surface area contributed by atoms with Gasteiger partial charge in [-0.1, -0.05) is 0 Å². The zero-order chi connectivity index (χ0) is 10.1. The van der Waals surface area contributed by atoms with E-state index in [1.54, 1.807) is 0 Å². The number of hydrogen-bond acceptors (Lipinski definition) is 4. The molecule has 0 spiro atoms. The molecule has 1 N–H and O–H groups in total. The van der Waals surface area contributed by atoms with E-state index in [4.69, 9.17) is 4.43 Å². The maximum Gasteiger partial charge on any atom is 0.415 e. The average molecular weight is 203 g/mol. The van der Waals surface area contributed by atoms with Crippen molar-refractivity contribution in [2.24, 2.45) is 0 Å². The van der Waals surface area contributed by atoms with E-state index in [-0.39, 0.29) is 6.61 Å². The number of carbonyl (C=O) groups excluding carboxylic acids is 2. The Kier molecular flexibility index (Phi) is 2.72. The lowest BCUT2D eigenvalue weighted by molar-refractivity contribution is -0.135. The average Bonchev–Trinajstić information content (AvgIpc) is 2.24. The van der Waals surface area contributed by atoms with Crippen molar-refractivity contribution >= 4 is 20.4 Å². The van der Waals surface area contributed by atoms with E-state index in [0.29, 0.717) is 0 Å². The van der Waals surface area contributed by atoms with Gasteiger partial charge in [-0.3, -0.25) is 0 Å². The first-order valence-electron chi connectivity index (χ1n) is 4.04. The van der Waals surface area contributed by atoms with Gasteiger partial charge in [-0.25, -0.2) is 9.59 Å². The number of alkyl carbamates (subject to hydrolysis) is 1. The molecule has 5 nitrogen and oxygen atoms in total. The summed E-state index contributed by atoms with van der Waals surface area (Å²) >= 11 is 0. The third-order valence-electron chi connectivity index (χ3n) is 1.45. The standard InChI is InChI=1S/C7H13NO4Si/c1-13(2,3)11-4-5-6(9)12-7(10)8-5/h5H,4H2,1-3H3,(H,8,10)/t5-/m0/s1. The Balaban J connectivity index is 2.38. The Morgan fingerprint density at radius 1 is 1.46 bits per heavy atom. The lowest BCUT2D eigenvalue weighted by atomic mass is 10.3. The first kappa shape index (κ1) is 10.2. The highest BCUT2D eigenvalue weighted by Crippen LogP contribution is 2.06. The van der Waals surface area contributed by atoms with E-state index in [0.717, 1.165) is 0 Å². The van der Waals surface area contributed by atoms with Crippen molar-refractivity contribution in [3.8, 4) is 0 Å². The summed E-state index contributed by atoms with van der Waals surface area (Å²) in [4.78, 5) is 21.5. The number of ether oxygens (including phenoxy) is 1. The Labute approximate surface area is 77.5 Å². The molecule has 1 aliphatic heterocycles. The van der Waals surface area contributed by atoms with Gasteiger partial charge in [-0.15, -0.1) is 0 Å². The van der Waals surface area contributed by atoms with Gasteiger partial charge in [-0.2, -0.15) is 0 Å². The van der Waals surface area contributed by atoms with Crippen LogP contribution in [0.4, 0.5) is 4.79 Å². The predicted molar refractivity (Wildman–Crippen MR) is 47.7 cm³/mol. The summed E-state index contributed by atoms with van der Waals surface area (Å²) in [5.74, 6) is -0.553. The second-order valence-corrected chi connectivity index (χ2v) is 8.34. The van der Waals surface area contributed by atoms with Gasteiger partial charge in [-0.05, 0) is 19.6 Å². The molecule has 1 aliphatic rings. The summed E-state index contributed by atoms with van der Waals surface area (Å²) in [6.45, 7) is 6.24. The van der Waals surface area contributed by atoms with Gasteiger partial charge in [0.15, 0.2) is 14.4 Å². The molecule has 1 atom stereocenters. The third-order valence-corrected chi connectivity index (χ3v) is 2.49. The first-order chi connectivity index (χ1) is 5.88. The van der Waals surface area contributed by atoms with Crippen molar-refractivity contribution in [2.45, 2.75) is 25.7 Å². The molecule has 74 valence electrons. The summed E-state index contributed by atoms with van der Waals surface area (Å²) < 4.78 is 9.74. The smallest absolute Gasteiger partial charge is 0.415 e. The Morgan fingerprint density at radius 3 is 2.46 bits per heavy atom. The van der Waals surface area contributed by atoms with E-state index in [2.05, 4.69) is 10.1 Å². The topological polar surface area (TPSA) is 64.6 Å². The van der Waals surface area contributed by atoms with Crippen molar-refractivity contribution in [1.82, 2.24) is 5.32 Å². The van der Waals surface area contributed by atoms with Crippen LogP contribution in [-0.4, -0.2) is 33.0 Å². The number of amides is 1. The molecule has 0 aromatic rings. The van der Waals surface area contributed by atoms with Gasteiger partial charge in [0.25, 0.3) is 0 Å². The molecule has 1 amide bonds. The van der Waals surface area contributed by atoms with E-state index in [1.165, 1.54) is 0 Å². The van der Waals surface area contributed by atoms with Crippen LogP contribution in [0.25, 0.3) is 0 Å². The number of esters is 1. The molecule has 6 heteroatoms. The number of rotatable bonds is 3. The highest BCUT2D eigenvalue weighted by atomic mass is 28.4. The van der Waals surface area contributed by atoms with E-state index < -0.39 is 26.4 Å². The Bertz CT molecular complexity index is 235. The van der Waals surface area contributed by atoms with Gasteiger partial charge < -0.3 is 14.5 Å². The van der Waals surface area contributed by atoms with Crippen LogP contribution in [-0.2, 0) is 14.0 Å². The number of carbonyl (C=O) groups is 2. The molecule has 0 aliphatic carbocycles. The maximum atomic E-state index is 10.9. The Hall–Kier alpha value is -0.883. The highest BCUT2D eigenvalue weighted by molar-refractivity contribution is 6.69. The summed E-state index contributed by atoms with van der Waals surface area (Å²) in [5.41, 5.74) is 0. The van der Waals surface area contributed by atoms with Gasteiger partial charge in [0.05, 0.1) is 6.61 Å². The molecule has 0 unspecified atom stereocenters. The molecule has 0 bridgehead atoms. The molecule has 1 heterocycles. The summed E-state index contributed by atoms with van der Waals surface area (Å²) in [6.07, 6.45) is -0.686. The first-order valence-corrected chi connectivity index (χ1v) is 7.45. The summed E-state index contributed by atoms with van der Waals surface area (Å²) in [6, 6.07) is -0.626. The normalized spacial score (nSPS) is 22.8. The van der Waals surface area contributed by atoms with E-state index >= 15 is 0 Å². The van der Waals surface area contributed by atoms with Crippen molar-refractivity contribution in [2.75, 3.05) is 6.61 Å². The second-order valence-electron chi connectivity index (χ2n) is 3.83. The molecular formula is C7H13NO4Si. The minimum Gasteiger partial charge on any atom is -0.415 e. The van der Waals surface area contributed by atoms with Gasteiger partial charge in [0.1, 0.15) is 0 Å². The van der Waals surface area contributed by atoms with Crippen LogP contribution in [0.15, 0.2) is 0 Å². The molecular weight excluding hydrogens is 190 g/mol.